The van der Waals surface area contributed by atoms with Gasteiger partial charge in [-0.15, -0.1) is 0 Å². The molecule has 4 aromatic rings. The lowest BCUT2D eigenvalue weighted by Crippen LogP contribution is -2.28. The van der Waals surface area contributed by atoms with E-state index in [4.69, 9.17) is 26.2 Å². The van der Waals surface area contributed by atoms with Crippen LogP contribution in [0.25, 0.3) is 16.6 Å². The number of fused-ring (bicyclic) bond motifs is 1. The van der Waals surface area contributed by atoms with Gasteiger partial charge in [-0.2, -0.15) is 5.10 Å². The average Bonchev–Trinajstić information content (AvgIpc) is 3.64. The van der Waals surface area contributed by atoms with Crippen molar-refractivity contribution >= 4 is 28.5 Å². The van der Waals surface area contributed by atoms with Crippen molar-refractivity contribution in [1.82, 2.24) is 9.78 Å². The number of nitrogens with zero attached hydrogens (tertiary/aromatic N) is 2. The second kappa shape index (κ2) is 10.3. The number of halogens is 1. The summed E-state index contributed by atoms with van der Waals surface area (Å²) in [6.45, 7) is 0.521. The molecule has 0 bridgehead atoms. The fourth-order valence-corrected chi connectivity index (χ4v) is 5.78. The van der Waals surface area contributed by atoms with E-state index in [2.05, 4.69) is 22.9 Å². The van der Waals surface area contributed by atoms with Crippen molar-refractivity contribution in [3.8, 4) is 17.2 Å². The molecule has 0 saturated heterocycles. The molecule has 2 fully saturated rings. The van der Waals surface area contributed by atoms with Crippen LogP contribution in [0.15, 0.2) is 72.8 Å². The smallest absolute Gasteiger partial charge is 0.348 e. The van der Waals surface area contributed by atoms with Crippen LogP contribution in [0.1, 0.15) is 56.6 Å². The SMILES string of the molecule is O=C(O)C1(Oc2ccc(OCC(c3c4ccccc4nn3-c3ccc(Cl)cc3)C3CCCCC3)cc2)CC1. The minimum atomic E-state index is -1.06. The highest BCUT2D eigenvalue weighted by Gasteiger charge is 2.53. The minimum absolute atomic E-state index is 0.149. The van der Waals surface area contributed by atoms with Crippen LogP contribution in [-0.4, -0.2) is 33.1 Å². The third kappa shape index (κ3) is 4.97. The number of carboxylic acid groups (broad SMARTS) is 1. The molecule has 3 aromatic carbocycles. The molecule has 38 heavy (non-hydrogen) atoms. The molecule has 1 unspecified atom stereocenters. The number of carboxylic acids is 1. The molecule has 0 amide bonds. The Hall–Kier alpha value is -3.51. The topological polar surface area (TPSA) is 73.6 Å². The van der Waals surface area contributed by atoms with Crippen molar-refractivity contribution in [3.05, 3.63) is 83.5 Å². The molecule has 2 aliphatic carbocycles. The third-order valence-corrected chi connectivity index (χ3v) is 8.17. The number of benzene rings is 3. The summed E-state index contributed by atoms with van der Waals surface area (Å²) >= 11 is 6.20. The molecule has 1 aromatic heterocycles. The van der Waals surface area contributed by atoms with E-state index in [-0.39, 0.29) is 5.92 Å². The Morgan fingerprint density at radius 1 is 0.974 bits per heavy atom. The van der Waals surface area contributed by atoms with Crippen molar-refractivity contribution in [3.63, 3.8) is 0 Å². The van der Waals surface area contributed by atoms with E-state index in [0.29, 0.717) is 36.1 Å². The van der Waals surface area contributed by atoms with Gasteiger partial charge in [0.25, 0.3) is 0 Å². The van der Waals surface area contributed by atoms with Gasteiger partial charge in [-0.1, -0.05) is 49.1 Å². The summed E-state index contributed by atoms with van der Waals surface area (Å²) in [5, 5.41) is 16.3. The van der Waals surface area contributed by atoms with Gasteiger partial charge in [-0.05, 0) is 73.4 Å². The Morgan fingerprint density at radius 2 is 1.66 bits per heavy atom. The van der Waals surface area contributed by atoms with Crippen LogP contribution in [0.2, 0.25) is 5.02 Å². The highest BCUT2D eigenvalue weighted by molar-refractivity contribution is 6.30. The summed E-state index contributed by atoms with van der Waals surface area (Å²) in [4.78, 5) is 11.5. The van der Waals surface area contributed by atoms with Gasteiger partial charge < -0.3 is 14.6 Å². The van der Waals surface area contributed by atoms with Crippen molar-refractivity contribution in [1.29, 1.82) is 0 Å². The zero-order chi connectivity index (χ0) is 26.1. The number of ether oxygens (including phenoxy) is 2. The zero-order valence-corrected chi connectivity index (χ0v) is 21.9. The molecular formula is C31H31ClN2O4. The standard InChI is InChI=1S/C31H31ClN2O4/c32-22-10-12-23(13-11-22)34-29(26-8-4-5-9-28(26)33-34)27(21-6-2-1-3-7-21)20-37-24-14-16-25(17-15-24)38-31(18-19-31)30(35)36/h4-5,8-17,21,27H,1-3,6-7,18-20H2,(H,35,36). The molecule has 7 heteroatoms. The van der Waals surface area contributed by atoms with Crippen LogP contribution < -0.4 is 9.47 Å². The van der Waals surface area contributed by atoms with Crippen molar-refractivity contribution in [2.45, 2.75) is 56.5 Å². The Morgan fingerprint density at radius 3 is 2.34 bits per heavy atom. The largest absolute Gasteiger partial charge is 0.493 e. The highest BCUT2D eigenvalue weighted by Crippen LogP contribution is 2.42. The Bertz CT molecular complexity index is 1420. The van der Waals surface area contributed by atoms with E-state index >= 15 is 0 Å². The number of aromatic nitrogens is 2. The van der Waals surface area contributed by atoms with E-state index in [9.17, 15) is 9.90 Å². The van der Waals surface area contributed by atoms with E-state index in [0.717, 1.165) is 35.2 Å². The van der Waals surface area contributed by atoms with Gasteiger partial charge in [0.15, 0.2) is 0 Å². The van der Waals surface area contributed by atoms with Gasteiger partial charge >= 0.3 is 5.97 Å². The molecule has 1 atom stereocenters. The number of hydrogen-bond acceptors (Lipinski definition) is 4. The number of aliphatic carboxylic acids is 1. The van der Waals surface area contributed by atoms with Gasteiger partial charge in [-0.25, -0.2) is 9.48 Å². The predicted molar refractivity (Wildman–Crippen MR) is 148 cm³/mol. The van der Waals surface area contributed by atoms with Crippen molar-refractivity contribution < 1.29 is 19.4 Å². The maximum Gasteiger partial charge on any atom is 0.348 e. The Kier molecular flexibility index (Phi) is 6.75. The van der Waals surface area contributed by atoms with E-state index in [1.165, 1.54) is 25.0 Å². The maximum atomic E-state index is 11.5. The molecular weight excluding hydrogens is 500 g/mol. The van der Waals surface area contributed by atoms with Crippen molar-refractivity contribution in [2.75, 3.05) is 6.61 Å². The summed E-state index contributed by atoms with van der Waals surface area (Å²) in [5.41, 5.74) is 2.06. The average molecular weight is 531 g/mol. The Balaban J connectivity index is 1.31. The van der Waals surface area contributed by atoms with Crippen LogP contribution in [-0.2, 0) is 4.79 Å². The first-order valence-corrected chi connectivity index (χ1v) is 13.8. The number of carbonyl (C=O) groups is 1. The minimum Gasteiger partial charge on any atom is -0.493 e. The van der Waals surface area contributed by atoms with Gasteiger partial charge in [0.1, 0.15) is 11.5 Å². The highest BCUT2D eigenvalue weighted by atomic mass is 35.5. The number of rotatable bonds is 9. The molecule has 1 heterocycles. The molecule has 0 spiro atoms. The van der Waals surface area contributed by atoms with E-state index in [1.54, 1.807) is 12.1 Å². The van der Waals surface area contributed by atoms with Gasteiger partial charge in [0.2, 0.25) is 5.60 Å². The molecule has 2 aliphatic rings. The monoisotopic (exact) mass is 530 g/mol. The molecule has 1 N–H and O–H groups in total. The lowest BCUT2D eigenvalue weighted by molar-refractivity contribution is -0.147. The summed E-state index contributed by atoms with van der Waals surface area (Å²) < 4.78 is 14.2. The zero-order valence-electron chi connectivity index (χ0n) is 21.2. The lowest BCUT2D eigenvalue weighted by Gasteiger charge is -2.31. The Labute approximate surface area is 227 Å². The molecule has 0 radical (unpaired) electrons. The summed E-state index contributed by atoms with van der Waals surface area (Å²) in [6, 6.07) is 23.4. The number of hydrogen-bond donors (Lipinski definition) is 1. The second-order valence-corrected chi connectivity index (χ2v) is 10.9. The summed E-state index contributed by atoms with van der Waals surface area (Å²) in [5.74, 6) is 1.02. The lowest BCUT2D eigenvalue weighted by atomic mass is 9.78. The fraction of sp³-hybridized carbons (Fsp3) is 0.355. The first kappa shape index (κ1) is 24.8. The molecule has 196 valence electrons. The van der Waals surface area contributed by atoms with E-state index in [1.807, 2.05) is 42.5 Å². The summed E-state index contributed by atoms with van der Waals surface area (Å²) in [7, 11) is 0. The second-order valence-electron chi connectivity index (χ2n) is 10.5. The first-order valence-electron chi connectivity index (χ1n) is 13.4. The quantitative estimate of drug-likeness (QED) is 0.244. The summed E-state index contributed by atoms with van der Waals surface area (Å²) in [6.07, 6.45) is 7.14. The van der Waals surface area contributed by atoms with Crippen LogP contribution >= 0.6 is 11.6 Å². The van der Waals surface area contributed by atoms with Crippen LogP contribution in [0.4, 0.5) is 0 Å². The van der Waals surface area contributed by atoms with Crippen LogP contribution in [0.3, 0.4) is 0 Å². The fourth-order valence-electron chi connectivity index (χ4n) is 5.65. The molecule has 2 saturated carbocycles. The van der Waals surface area contributed by atoms with Gasteiger partial charge in [0.05, 0.1) is 23.5 Å². The maximum absolute atomic E-state index is 11.5. The predicted octanol–water partition coefficient (Wildman–Crippen LogP) is 7.42. The first-order chi connectivity index (χ1) is 18.5. The van der Waals surface area contributed by atoms with Crippen LogP contribution in [0.5, 0.6) is 11.5 Å². The van der Waals surface area contributed by atoms with Crippen molar-refractivity contribution in [2.24, 2.45) is 5.92 Å². The molecule has 6 nitrogen and oxygen atoms in total. The third-order valence-electron chi connectivity index (χ3n) is 7.92. The van der Waals surface area contributed by atoms with Crippen LogP contribution in [0, 0.1) is 5.92 Å². The molecule has 0 aliphatic heterocycles. The van der Waals surface area contributed by atoms with Gasteiger partial charge in [-0.3, -0.25) is 0 Å². The molecule has 6 rings (SSSR count). The normalized spacial score (nSPS) is 17.7. The van der Waals surface area contributed by atoms with Gasteiger partial charge in [0, 0.05) is 29.2 Å². The van der Waals surface area contributed by atoms with E-state index < -0.39 is 11.6 Å².